The zero-order valence-electron chi connectivity index (χ0n) is 19.5. The van der Waals surface area contributed by atoms with Crippen molar-refractivity contribution in [2.75, 3.05) is 57.9 Å². The number of carbonyl (C=O) groups excluding carboxylic acids is 1. The Kier molecular flexibility index (Phi) is 6.12. The largest absolute Gasteiger partial charge is 0.384 e. The van der Waals surface area contributed by atoms with Gasteiger partial charge in [0.15, 0.2) is 11.4 Å². The van der Waals surface area contributed by atoms with E-state index in [1.807, 2.05) is 6.07 Å². The van der Waals surface area contributed by atoms with Crippen molar-refractivity contribution >= 4 is 22.7 Å². The number of carbonyl (C=O) groups is 1. The van der Waals surface area contributed by atoms with Crippen molar-refractivity contribution < 1.29 is 14.1 Å². The van der Waals surface area contributed by atoms with E-state index in [1.165, 1.54) is 44.2 Å². The summed E-state index contributed by atoms with van der Waals surface area (Å²) in [6.45, 7) is 8.97. The Hall–Kier alpha value is -2.12. The van der Waals surface area contributed by atoms with Gasteiger partial charge in [-0.15, -0.1) is 0 Å². The Labute approximate surface area is 190 Å². The van der Waals surface area contributed by atoms with Crippen LogP contribution in [0.1, 0.15) is 44.1 Å². The second kappa shape index (κ2) is 9.02. The summed E-state index contributed by atoms with van der Waals surface area (Å²) in [5.74, 6) is 2.07. The van der Waals surface area contributed by atoms with Gasteiger partial charge in [-0.25, -0.2) is 0 Å². The van der Waals surface area contributed by atoms with Crippen molar-refractivity contribution in [3.63, 3.8) is 0 Å². The van der Waals surface area contributed by atoms with Gasteiger partial charge in [-0.05, 0) is 63.6 Å². The maximum atomic E-state index is 12.3. The van der Waals surface area contributed by atoms with E-state index in [-0.39, 0.29) is 11.4 Å². The van der Waals surface area contributed by atoms with Crippen molar-refractivity contribution in [1.29, 1.82) is 0 Å². The van der Waals surface area contributed by atoms with Crippen LogP contribution >= 0.6 is 0 Å². The minimum absolute atomic E-state index is 0.200. The summed E-state index contributed by atoms with van der Waals surface area (Å²) in [5.41, 5.74) is 2.31. The van der Waals surface area contributed by atoms with Gasteiger partial charge in [0.2, 0.25) is 5.91 Å². The summed E-state index contributed by atoms with van der Waals surface area (Å²) < 4.78 is 10.6. The van der Waals surface area contributed by atoms with E-state index in [9.17, 15) is 4.79 Å². The number of fused-ring (bicyclic) bond motifs is 1. The van der Waals surface area contributed by atoms with Crippen molar-refractivity contribution in [3.05, 3.63) is 23.8 Å². The molecule has 0 radical (unpaired) electrons. The van der Waals surface area contributed by atoms with Gasteiger partial charge in [-0.1, -0.05) is 16.8 Å². The lowest BCUT2D eigenvalue weighted by molar-refractivity contribution is -0.128. The summed E-state index contributed by atoms with van der Waals surface area (Å²) >= 11 is 0. The van der Waals surface area contributed by atoms with Crippen LogP contribution in [0, 0.1) is 12.8 Å². The highest BCUT2D eigenvalue weighted by Gasteiger charge is 2.55. The number of hydrogen-bond acceptors (Lipinski definition) is 6. The molecule has 2 aliphatic heterocycles. The number of rotatable bonds is 7. The number of aromatic nitrogens is 1. The predicted octanol–water partition coefficient (Wildman–Crippen LogP) is 3.46. The molecule has 1 aliphatic carbocycles. The fourth-order valence-corrected chi connectivity index (χ4v) is 5.68. The molecule has 2 aromatic rings. The summed E-state index contributed by atoms with van der Waals surface area (Å²) in [7, 11) is 1.66. The van der Waals surface area contributed by atoms with Crippen LogP contribution in [0.5, 0.6) is 0 Å². The lowest BCUT2D eigenvalue weighted by atomic mass is 9.80. The summed E-state index contributed by atoms with van der Waals surface area (Å²) in [5, 5.41) is 5.49. The Balaban J connectivity index is 1.05. The molecule has 0 atom stereocenters. The van der Waals surface area contributed by atoms with Gasteiger partial charge in [-0.3, -0.25) is 9.69 Å². The third-order valence-corrected chi connectivity index (χ3v) is 7.91. The Bertz CT molecular complexity index is 942. The van der Waals surface area contributed by atoms with E-state index in [0.717, 1.165) is 55.4 Å². The summed E-state index contributed by atoms with van der Waals surface area (Å²) in [6.07, 6.45) is 6.69. The number of ether oxygens (including phenoxy) is 1. The molecular weight excluding hydrogens is 404 g/mol. The minimum Gasteiger partial charge on any atom is -0.384 e. The molecule has 0 unspecified atom stereocenters. The van der Waals surface area contributed by atoms with Gasteiger partial charge < -0.3 is 19.1 Å². The average molecular weight is 441 g/mol. The zero-order valence-corrected chi connectivity index (χ0v) is 19.5. The molecule has 3 fully saturated rings. The molecule has 7 heteroatoms. The number of aryl methyl sites for hydroxylation is 1. The molecule has 32 heavy (non-hydrogen) atoms. The first-order valence-electron chi connectivity index (χ1n) is 12.2. The standard InChI is InChI=1S/C25H36N4O3/c1-19-3-4-22-21(17-19)24(26-32-22)28-14-12-27(13-15-28)11-7-20-5-9-25(10-6-20)18-29(25)23(30)8-16-31-2/h3-4,17,20H,5-16,18H2,1-2H3. The highest BCUT2D eigenvalue weighted by molar-refractivity contribution is 5.89. The van der Waals surface area contributed by atoms with Crippen LogP contribution in [0.2, 0.25) is 0 Å². The van der Waals surface area contributed by atoms with Gasteiger partial charge in [0.25, 0.3) is 0 Å². The fraction of sp³-hybridized carbons (Fsp3) is 0.680. The lowest BCUT2D eigenvalue weighted by Gasteiger charge is -2.36. The third kappa shape index (κ3) is 4.37. The molecule has 1 amide bonds. The minimum atomic E-state index is 0.200. The first-order valence-corrected chi connectivity index (χ1v) is 12.2. The van der Waals surface area contributed by atoms with E-state index in [4.69, 9.17) is 9.26 Å². The molecule has 174 valence electrons. The number of amides is 1. The number of methoxy groups -OCH3 is 1. The zero-order chi connectivity index (χ0) is 22.1. The molecule has 3 heterocycles. The van der Waals surface area contributed by atoms with Gasteiger partial charge in [0, 0.05) is 39.8 Å². The van der Waals surface area contributed by atoms with Crippen LogP contribution in [0.15, 0.2) is 22.7 Å². The second-order valence-electron chi connectivity index (χ2n) is 10.0. The fourth-order valence-electron chi connectivity index (χ4n) is 5.68. The number of anilines is 1. The van der Waals surface area contributed by atoms with Gasteiger partial charge in [0.1, 0.15) is 0 Å². The number of hydrogen-bond donors (Lipinski definition) is 0. The Morgan fingerprint density at radius 1 is 1.22 bits per heavy atom. The Morgan fingerprint density at radius 2 is 2.00 bits per heavy atom. The van der Waals surface area contributed by atoms with Crippen LogP contribution < -0.4 is 4.90 Å². The van der Waals surface area contributed by atoms with E-state index >= 15 is 0 Å². The van der Waals surface area contributed by atoms with E-state index < -0.39 is 0 Å². The van der Waals surface area contributed by atoms with Crippen molar-refractivity contribution in [2.45, 2.75) is 51.0 Å². The third-order valence-electron chi connectivity index (χ3n) is 7.91. The summed E-state index contributed by atoms with van der Waals surface area (Å²) in [4.78, 5) is 19.4. The van der Waals surface area contributed by atoms with Crippen LogP contribution in [0.3, 0.4) is 0 Å². The lowest BCUT2D eigenvalue weighted by Crippen LogP contribution is -2.47. The smallest absolute Gasteiger partial charge is 0.225 e. The SMILES string of the molecule is COCCC(=O)N1CC12CCC(CCN1CCN(c3noc4ccc(C)cc34)CC1)CC2. The quantitative estimate of drug-likeness (QED) is 0.615. The molecule has 1 spiro atoms. The van der Waals surface area contributed by atoms with Crippen molar-refractivity contribution in [3.8, 4) is 0 Å². The topological polar surface area (TPSA) is 61.8 Å². The number of benzene rings is 1. The highest BCUT2D eigenvalue weighted by atomic mass is 16.5. The van der Waals surface area contributed by atoms with Gasteiger partial charge >= 0.3 is 0 Å². The highest BCUT2D eigenvalue weighted by Crippen LogP contribution is 2.47. The first kappa shape index (κ1) is 21.7. The van der Waals surface area contributed by atoms with Crippen LogP contribution in [-0.4, -0.2) is 79.4 Å². The molecule has 0 bridgehead atoms. The monoisotopic (exact) mass is 440 g/mol. The maximum absolute atomic E-state index is 12.3. The van der Waals surface area contributed by atoms with Crippen molar-refractivity contribution in [1.82, 2.24) is 15.0 Å². The van der Waals surface area contributed by atoms with Crippen LogP contribution in [0.4, 0.5) is 5.82 Å². The summed E-state index contributed by atoms with van der Waals surface area (Å²) in [6, 6.07) is 6.26. The second-order valence-corrected chi connectivity index (χ2v) is 10.0. The molecule has 5 rings (SSSR count). The molecular formula is C25H36N4O3. The molecule has 0 N–H and O–H groups in total. The van der Waals surface area contributed by atoms with Crippen LogP contribution in [0.25, 0.3) is 11.0 Å². The predicted molar refractivity (Wildman–Crippen MR) is 125 cm³/mol. The first-order chi connectivity index (χ1) is 15.6. The van der Waals surface area contributed by atoms with Gasteiger partial charge in [-0.2, -0.15) is 0 Å². The van der Waals surface area contributed by atoms with Crippen LogP contribution in [-0.2, 0) is 9.53 Å². The molecule has 1 saturated carbocycles. The number of nitrogens with zero attached hydrogens (tertiary/aromatic N) is 4. The molecule has 1 aromatic heterocycles. The molecule has 7 nitrogen and oxygen atoms in total. The number of piperazine rings is 1. The molecule has 1 aromatic carbocycles. The maximum Gasteiger partial charge on any atom is 0.225 e. The van der Waals surface area contributed by atoms with E-state index in [1.54, 1.807) is 7.11 Å². The Morgan fingerprint density at radius 3 is 2.75 bits per heavy atom. The van der Waals surface area contributed by atoms with E-state index in [2.05, 4.69) is 38.9 Å². The van der Waals surface area contributed by atoms with E-state index in [0.29, 0.717) is 13.0 Å². The molecule has 2 saturated heterocycles. The van der Waals surface area contributed by atoms with Gasteiger partial charge in [0.05, 0.1) is 24.0 Å². The van der Waals surface area contributed by atoms with Crippen molar-refractivity contribution in [2.24, 2.45) is 5.92 Å². The average Bonchev–Trinajstić information content (AvgIpc) is 3.36. The normalized spacial score (nSPS) is 26.2. The molecule has 3 aliphatic rings.